The molecule has 0 aliphatic carbocycles. The van der Waals surface area contributed by atoms with Crippen molar-refractivity contribution in [3.05, 3.63) is 35.9 Å². The maximum atomic E-state index is 11.5. The number of nitrogens with one attached hydrogen (secondary N) is 1. The van der Waals surface area contributed by atoms with E-state index < -0.39 is 11.6 Å². The summed E-state index contributed by atoms with van der Waals surface area (Å²) in [6.07, 6.45) is -0.536. The number of hydrogen-bond acceptors (Lipinski definition) is 4. The van der Waals surface area contributed by atoms with Gasteiger partial charge in [-0.3, -0.25) is 0 Å². The van der Waals surface area contributed by atoms with Crippen molar-refractivity contribution in [1.29, 1.82) is 0 Å². The third-order valence-electron chi connectivity index (χ3n) is 2.64. The Balaban J connectivity index is 1.78. The number of carbonyl (C=O) groups excluding carboxylic acids is 1. The Bertz CT molecular complexity index is 370. The zero-order chi connectivity index (χ0) is 12.1. The van der Waals surface area contributed by atoms with Gasteiger partial charge in [0, 0.05) is 0 Å². The van der Waals surface area contributed by atoms with Crippen LogP contribution >= 0.6 is 0 Å². The lowest BCUT2D eigenvalue weighted by molar-refractivity contribution is -0.0945. The quantitative estimate of drug-likeness (QED) is 0.807. The second-order valence-corrected chi connectivity index (χ2v) is 4.12. The van der Waals surface area contributed by atoms with Gasteiger partial charge in [-0.25, -0.2) is 4.79 Å². The maximum absolute atomic E-state index is 11.5. The van der Waals surface area contributed by atoms with E-state index >= 15 is 0 Å². The molecule has 5 heteroatoms. The van der Waals surface area contributed by atoms with E-state index in [1.165, 1.54) is 0 Å². The van der Waals surface area contributed by atoms with Crippen molar-refractivity contribution in [2.75, 3.05) is 19.8 Å². The van der Waals surface area contributed by atoms with Gasteiger partial charge >= 0.3 is 6.09 Å². The van der Waals surface area contributed by atoms with Crippen LogP contribution in [0.4, 0.5) is 4.79 Å². The molecule has 0 bridgehead atoms. The van der Waals surface area contributed by atoms with Crippen molar-refractivity contribution in [3.8, 4) is 0 Å². The average Bonchev–Trinajstić information content (AvgIpc) is 2.33. The first-order valence-electron chi connectivity index (χ1n) is 5.42. The fraction of sp³-hybridized carbons (Fsp3) is 0.417. The van der Waals surface area contributed by atoms with E-state index in [4.69, 9.17) is 14.6 Å². The number of aliphatic hydroxyl groups is 1. The summed E-state index contributed by atoms with van der Waals surface area (Å²) in [5.74, 6) is 0. The predicted molar refractivity (Wildman–Crippen MR) is 60.4 cm³/mol. The summed E-state index contributed by atoms with van der Waals surface area (Å²) in [6, 6.07) is 9.41. The summed E-state index contributed by atoms with van der Waals surface area (Å²) >= 11 is 0. The number of alkyl carbamates (subject to hydrolysis) is 1. The minimum absolute atomic E-state index is 0.145. The number of amides is 1. The first-order chi connectivity index (χ1) is 8.24. The van der Waals surface area contributed by atoms with Gasteiger partial charge in [0.2, 0.25) is 0 Å². The van der Waals surface area contributed by atoms with Crippen LogP contribution in [0.2, 0.25) is 0 Å². The van der Waals surface area contributed by atoms with E-state index in [0.717, 1.165) is 5.56 Å². The molecule has 1 fully saturated rings. The molecule has 0 saturated carbocycles. The van der Waals surface area contributed by atoms with Gasteiger partial charge in [0.1, 0.15) is 12.1 Å². The number of rotatable bonds is 4. The monoisotopic (exact) mass is 237 g/mol. The highest BCUT2D eigenvalue weighted by Crippen LogP contribution is 2.16. The predicted octanol–water partition coefficient (Wildman–Crippen LogP) is 0.674. The Hall–Kier alpha value is -1.59. The summed E-state index contributed by atoms with van der Waals surface area (Å²) in [7, 11) is 0. The summed E-state index contributed by atoms with van der Waals surface area (Å²) in [6.45, 7) is 0.719. The van der Waals surface area contributed by atoms with Crippen LogP contribution < -0.4 is 5.32 Å². The number of benzene rings is 1. The van der Waals surface area contributed by atoms with Crippen LogP contribution in [-0.4, -0.2) is 36.6 Å². The molecule has 17 heavy (non-hydrogen) atoms. The number of ether oxygens (including phenoxy) is 2. The summed E-state index contributed by atoms with van der Waals surface area (Å²) in [5.41, 5.74) is 0.263. The lowest BCUT2D eigenvalue weighted by atomic mass is 9.99. The van der Waals surface area contributed by atoms with Gasteiger partial charge in [0.15, 0.2) is 0 Å². The van der Waals surface area contributed by atoms with Gasteiger partial charge in [-0.1, -0.05) is 30.3 Å². The van der Waals surface area contributed by atoms with Gasteiger partial charge in [-0.15, -0.1) is 0 Å². The molecule has 1 heterocycles. The highest BCUT2D eigenvalue weighted by atomic mass is 16.6. The topological polar surface area (TPSA) is 67.8 Å². The summed E-state index contributed by atoms with van der Waals surface area (Å²) in [4.78, 5) is 11.5. The van der Waals surface area contributed by atoms with Crippen LogP contribution in [-0.2, 0) is 16.1 Å². The molecule has 1 aromatic rings. The van der Waals surface area contributed by atoms with Crippen LogP contribution in [0, 0.1) is 0 Å². The Morgan fingerprint density at radius 1 is 1.41 bits per heavy atom. The van der Waals surface area contributed by atoms with Crippen molar-refractivity contribution in [2.24, 2.45) is 0 Å². The van der Waals surface area contributed by atoms with Crippen molar-refractivity contribution >= 4 is 6.09 Å². The Kier molecular flexibility index (Phi) is 3.61. The van der Waals surface area contributed by atoms with E-state index in [9.17, 15) is 4.79 Å². The molecule has 0 aromatic heterocycles. The van der Waals surface area contributed by atoms with Crippen LogP contribution in [0.5, 0.6) is 0 Å². The Morgan fingerprint density at radius 3 is 2.65 bits per heavy atom. The largest absolute Gasteiger partial charge is 0.445 e. The molecule has 92 valence electrons. The van der Waals surface area contributed by atoms with Crippen LogP contribution in [0.1, 0.15) is 5.56 Å². The highest BCUT2D eigenvalue weighted by molar-refractivity contribution is 5.68. The molecule has 1 aromatic carbocycles. The normalized spacial score (nSPS) is 17.0. The molecule has 1 aliphatic rings. The van der Waals surface area contributed by atoms with Crippen LogP contribution in [0.25, 0.3) is 0 Å². The number of carbonyl (C=O) groups is 1. The molecule has 0 atom stereocenters. The lowest BCUT2D eigenvalue weighted by Crippen LogP contribution is -2.64. The molecule has 2 N–H and O–H groups in total. The van der Waals surface area contributed by atoms with Gasteiger partial charge in [0.05, 0.1) is 19.8 Å². The minimum atomic E-state index is -0.659. The molecular formula is C12H15NO4. The molecule has 1 amide bonds. The van der Waals surface area contributed by atoms with E-state index in [1.807, 2.05) is 30.3 Å². The SMILES string of the molecule is O=C(NC1(CO)COC1)OCc1ccccc1. The van der Waals surface area contributed by atoms with E-state index in [2.05, 4.69) is 5.32 Å². The molecule has 0 spiro atoms. The lowest BCUT2D eigenvalue weighted by Gasteiger charge is -2.39. The number of hydrogen-bond donors (Lipinski definition) is 2. The first kappa shape index (κ1) is 11.9. The second-order valence-electron chi connectivity index (χ2n) is 4.12. The Labute approximate surface area is 99.3 Å². The second kappa shape index (κ2) is 5.16. The molecule has 0 unspecified atom stereocenters. The third kappa shape index (κ3) is 2.95. The zero-order valence-electron chi connectivity index (χ0n) is 9.39. The average molecular weight is 237 g/mol. The molecular weight excluding hydrogens is 222 g/mol. The number of aliphatic hydroxyl groups excluding tert-OH is 1. The summed E-state index contributed by atoms with van der Waals surface area (Å²) < 4.78 is 10.0. The van der Waals surface area contributed by atoms with Crippen LogP contribution in [0.3, 0.4) is 0 Å². The van der Waals surface area contributed by atoms with E-state index in [0.29, 0.717) is 13.2 Å². The van der Waals surface area contributed by atoms with Gasteiger partial charge in [-0.2, -0.15) is 0 Å². The smallest absolute Gasteiger partial charge is 0.408 e. The standard InChI is InChI=1S/C12H15NO4/c14-7-12(8-16-9-12)13-11(15)17-6-10-4-2-1-3-5-10/h1-5,14H,6-9H2,(H,13,15). The van der Waals surface area contributed by atoms with E-state index in [-0.39, 0.29) is 13.2 Å². The minimum Gasteiger partial charge on any atom is -0.445 e. The fourth-order valence-electron chi connectivity index (χ4n) is 1.53. The molecule has 1 saturated heterocycles. The van der Waals surface area contributed by atoms with Crippen molar-refractivity contribution in [2.45, 2.75) is 12.1 Å². The van der Waals surface area contributed by atoms with Crippen molar-refractivity contribution in [1.82, 2.24) is 5.32 Å². The van der Waals surface area contributed by atoms with E-state index in [1.54, 1.807) is 0 Å². The van der Waals surface area contributed by atoms with Crippen molar-refractivity contribution < 1.29 is 19.4 Å². The van der Waals surface area contributed by atoms with Gasteiger partial charge in [0.25, 0.3) is 0 Å². The highest BCUT2D eigenvalue weighted by Gasteiger charge is 2.40. The van der Waals surface area contributed by atoms with Crippen LogP contribution in [0.15, 0.2) is 30.3 Å². The zero-order valence-corrected chi connectivity index (χ0v) is 9.39. The molecule has 2 rings (SSSR count). The third-order valence-corrected chi connectivity index (χ3v) is 2.64. The van der Waals surface area contributed by atoms with Gasteiger partial charge in [-0.05, 0) is 5.56 Å². The van der Waals surface area contributed by atoms with Crippen molar-refractivity contribution in [3.63, 3.8) is 0 Å². The fourth-order valence-corrected chi connectivity index (χ4v) is 1.53. The Morgan fingerprint density at radius 2 is 2.12 bits per heavy atom. The first-order valence-corrected chi connectivity index (χ1v) is 5.42. The summed E-state index contributed by atoms with van der Waals surface area (Å²) in [5, 5.41) is 11.7. The molecule has 5 nitrogen and oxygen atoms in total. The molecule has 0 radical (unpaired) electrons. The maximum Gasteiger partial charge on any atom is 0.408 e. The molecule has 1 aliphatic heterocycles. The van der Waals surface area contributed by atoms with Gasteiger partial charge < -0.3 is 19.9 Å².